The van der Waals surface area contributed by atoms with Crippen molar-refractivity contribution in [3.63, 3.8) is 0 Å². The molecule has 1 aliphatic rings. The molecule has 4 amide bonds. The van der Waals surface area contributed by atoms with Gasteiger partial charge < -0.3 is 0 Å². The molecule has 21 heavy (non-hydrogen) atoms. The number of hydrogen-bond donors (Lipinski definition) is 0. The lowest BCUT2D eigenvalue weighted by Crippen LogP contribution is -2.33. The lowest BCUT2D eigenvalue weighted by atomic mass is 10.1. The topological polar surface area (TPSA) is 81.5 Å². The summed E-state index contributed by atoms with van der Waals surface area (Å²) >= 11 is 0. The van der Waals surface area contributed by atoms with Crippen LogP contribution in [0.2, 0.25) is 0 Å². The smallest absolute Gasteiger partial charge is 0.263 e. The third-order valence-electron chi connectivity index (χ3n) is 2.97. The molecule has 1 aromatic carbocycles. The highest BCUT2D eigenvalue weighted by Gasteiger charge is 2.43. The third kappa shape index (κ3) is 2.51. The van der Waals surface area contributed by atoms with Crippen molar-refractivity contribution >= 4 is 17.8 Å². The van der Waals surface area contributed by atoms with Crippen LogP contribution in [0.3, 0.4) is 0 Å². The number of imide groups is 2. The number of hydrogen-bond acceptors (Lipinski definition) is 4. The van der Waals surface area contributed by atoms with Crippen molar-refractivity contribution in [3.05, 3.63) is 47.8 Å². The summed E-state index contributed by atoms with van der Waals surface area (Å²) < 4.78 is 13.1. The zero-order chi connectivity index (χ0) is 15.6. The van der Waals surface area contributed by atoms with Crippen LogP contribution in [0.15, 0.2) is 30.9 Å². The number of nitriles is 1. The van der Waals surface area contributed by atoms with Gasteiger partial charge in [-0.1, -0.05) is 12.1 Å². The van der Waals surface area contributed by atoms with Crippen molar-refractivity contribution < 1.29 is 18.8 Å². The molecule has 7 heteroatoms. The first kappa shape index (κ1) is 14.4. The molecule has 1 heterocycles. The summed E-state index contributed by atoms with van der Waals surface area (Å²) in [6.45, 7) is 3.06. The van der Waals surface area contributed by atoms with Crippen molar-refractivity contribution in [2.75, 3.05) is 6.54 Å². The summed E-state index contributed by atoms with van der Waals surface area (Å²) in [6.07, 6.45) is 1.32. The van der Waals surface area contributed by atoms with Gasteiger partial charge in [-0.2, -0.15) is 5.26 Å². The lowest BCUT2D eigenvalue weighted by molar-refractivity contribution is -0.143. The number of benzene rings is 1. The van der Waals surface area contributed by atoms with Crippen LogP contribution >= 0.6 is 0 Å². The van der Waals surface area contributed by atoms with Crippen LogP contribution in [0.25, 0.3) is 0 Å². The Balaban J connectivity index is 2.30. The fraction of sp³-hybridized carbons (Fsp3) is 0.143. The molecule has 0 radical (unpaired) electrons. The van der Waals surface area contributed by atoms with Crippen molar-refractivity contribution in [1.82, 2.24) is 9.80 Å². The summed E-state index contributed by atoms with van der Waals surface area (Å²) in [5.41, 5.74) is 0.291. The van der Waals surface area contributed by atoms with E-state index in [1.54, 1.807) is 6.07 Å². The minimum absolute atomic E-state index is 0.00483. The van der Waals surface area contributed by atoms with Crippen LogP contribution in [0, 0.1) is 17.1 Å². The number of amides is 4. The average molecular weight is 287 g/mol. The van der Waals surface area contributed by atoms with E-state index in [4.69, 9.17) is 5.26 Å². The molecule has 106 valence electrons. The molecule has 2 rings (SSSR count). The molecule has 0 aromatic heterocycles. The molecule has 1 aromatic rings. The van der Waals surface area contributed by atoms with Crippen molar-refractivity contribution in [2.45, 2.75) is 6.54 Å². The Morgan fingerprint density at radius 2 is 1.90 bits per heavy atom. The van der Waals surface area contributed by atoms with E-state index in [0.717, 1.165) is 21.9 Å². The van der Waals surface area contributed by atoms with Gasteiger partial charge in [0.15, 0.2) is 0 Å². The lowest BCUT2D eigenvalue weighted by Gasteiger charge is -2.15. The molecule has 0 unspecified atom stereocenters. The fourth-order valence-electron chi connectivity index (χ4n) is 1.94. The Morgan fingerprint density at radius 3 is 2.52 bits per heavy atom. The van der Waals surface area contributed by atoms with Crippen molar-refractivity contribution in [1.29, 1.82) is 5.26 Å². The second kappa shape index (κ2) is 5.54. The largest absolute Gasteiger partial charge is 0.334 e. The monoisotopic (exact) mass is 287 g/mol. The minimum Gasteiger partial charge on any atom is -0.263 e. The van der Waals surface area contributed by atoms with Crippen LogP contribution in [0.5, 0.6) is 0 Å². The van der Waals surface area contributed by atoms with Crippen LogP contribution < -0.4 is 0 Å². The van der Waals surface area contributed by atoms with Gasteiger partial charge in [-0.05, 0) is 17.7 Å². The van der Waals surface area contributed by atoms with E-state index in [0.29, 0.717) is 0 Å². The zero-order valence-electron chi connectivity index (χ0n) is 10.9. The normalized spacial score (nSPS) is 14.6. The second-order valence-corrected chi connectivity index (χ2v) is 4.29. The Kier molecular flexibility index (Phi) is 3.80. The maximum absolute atomic E-state index is 13.1. The fourth-order valence-corrected chi connectivity index (χ4v) is 1.94. The third-order valence-corrected chi connectivity index (χ3v) is 2.97. The highest BCUT2D eigenvalue weighted by atomic mass is 19.1. The number of urea groups is 1. The second-order valence-electron chi connectivity index (χ2n) is 4.29. The van der Waals surface area contributed by atoms with E-state index in [1.165, 1.54) is 12.1 Å². The van der Waals surface area contributed by atoms with Gasteiger partial charge in [0.1, 0.15) is 5.82 Å². The molecule has 0 atom stereocenters. The highest BCUT2D eigenvalue weighted by molar-refractivity contribution is 6.44. The van der Waals surface area contributed by atoms with Crippen molar-refractivity contribution in [3.8, 4) is 6.07 Å². The quantitative estimate of drug-likeness (QED) is 0.473. The van der Waals surface area contributed by atoms with Gasteiger partial charge >= 0.3 is 17.8 Å². The van der Waals surface area contributed by atoms with E-state index in [2.05, 4.69) is 6.58 Å². The Morgan fingerprint density at radius 1 is 1.24 bits per heavy atom. The van der Waals surface area contributed by atoms with Gasteiger partial charge in [0.25, 0.3) is 0 Å². The van der Waals surface area contributed by atoms with E-state index in [1.807, 2.05) is 0 Å². The van der Waals surface area contributed by atoms with E-state index >= 15 is 0 Å². The summed E-state index contributed by atoms with van der Waals surface area (Å²) in [5.74, 6) is -2.52. The standard InChI is InChI=1S/C14H10FN3O3/c1-2-5-17-12(19)13(20)18(14(17)21)8-9-3-4-11(15)6-10(9)7-16/h2-4,6H,1,5,8H2. The predicted octanol–water partition coefficient (Wildman–Crippen LogP) is 1.17. The van der Waals surface area contributed by atoms with E-state index < -0.39 is 23.7 Å². The molecule has 0 saturated carbocycles. The summed E-state index contributed by atoms with van der Waals surface area (Å²) in [4.78, 5) is 36.9. The van der Waals surface area contributed by atoms with Crippen LogP contribution in [-0.2, 0) is 16.1 Å². The molecule has 1 saturated heterocycles. The van der Waals surface area contributed by atoms with Gasteiger partial charge in [-0.15, -0.1) is 6.58 Å². The minimum atomic E-state index is -0.977. The van der Waals surface area contributed by atoms with Crippen LogP contribution in [-0.4, -0.2) is 34.2 Å². The van der Waals surface area contributed by atoms with Crippen LogP contribution in [0.1, 0.15) is 11.1 Å². The predicted molar refractivity (Wildman–Crippen MR) is 69.0 cm³/mol. The first-order valence-corrected chi connectivity index (χ1v) is 5.96. The van der Waals surface area contributed by atoms with E-state index in [-0.39, 0.29) is 24.2 Å². The zero-order valence-corrected chi connectivity index (χ0v) is 10.9. The number of carbonyl (C=O) groups excluding carboxylic acids is 3. The molecular formula is C14H10FN3O3. The number of rotatable bonds is 4. The summed E-state index contributed by atoms with van der Waals surface area (Å²) in [5, 5.41) is 8.94. The van der Waals surface area contributed by atoms with Gasteiger partial charge in [0.2, 0.25) is 0 Å². The molecule has 1 aliphatic heterocycles. The maximum Gasteiger partial charge on any atom is 0.334 e. The summed E-state index contributed by atoms with van der Waals surface area (Å²) in [7, 11) is 0. The molecule has 0 N–H and O–H groups in total. The van der Waals surface area contributed by atoms with Crippen LogP contribution in [0.4, 0.5) is 9.18 Å². The first-order valence-electron chi connectivity index (χ1n) is 5.96. The Hall–Kier alpha value is -3.01. The van der Waals surface area contributed by atoms with Crippen molar-refractivity contribution in [2.24, 2.45) is 0 Å². The maximum atomic E-state index is 13.1. The van der Waals surface area contributed by atoms with Gasteiger partial charge in [-0.25, -0.2) is 9.18 Å². The average Bonchev–Trinajstić information content (AvgIpc) is 2.67. The Labute approximate surface area is 119 Å². The highest BCUT2D eigenvalue weighted by Crippen LogP contribution is 2.18. The van der Waals surface area contributed by atoms with Gasteiger partial charge in [0.05, 0.1) is 18.2 Å². The first-order chi connectivity index (χ1) is 9.99. The van der Waals surface area contributed by atoms with E-state index in [9.17, 15) is 18.8 Å². The molecule has 1 fully saturated rings. The molecule has 0 aliphatic carbocycles. The SMILES string of the molecule is C=CCN1C(=O)C(=O)N(Cc2ccc(F)cc2C#N)C1=O. The number of halogens is 1. The Bertz CT molecular complexity index is 693. The number of carbonyl (C=O) groups is 3. The number of nitrogens with zero attached hydrogens (tertiary/aromatic N) is 3. The van der Waals surface area contributed by atoms with Gasteiger partial charge in [0, 0.05) is 6.54 Å². The summed E-state index contributed by atoms with van der Waals surface area (Å²) in [6, 6.07) is 4.42. The molecular weight excluding hydrogens is 277 g/mol. The van der Waals surface area contributed by atoms with Gasteiger partial charge in [-0.3, -0.25) is 19.4 Å². The molecule has 0 spiro atoms. The molecule has 6 nitrogen and oxygen atoms in total. The molecule has 0 bridgehead atoms.